The number of thioether (sulfide) groups is 2. The molecule has 31 heavy (non-hydrogen) atoms. The Morgan fingerprint density at radius 2 is 1.71 bits per heavy atom. The average molecular weight is 451 g/mol. The third kappa shape index (κ3) is 4.86. The van der Waals surface area contributed by atoms with Crippen molar-refractivity contribution in [3.63, 3.8) is 0 Å². The van der Waals surface area contributed by atoms with Crippen molar-refractivity contribution in [2.24, 2.45) is 0 Å². The molecule has 1 fully saturated rings. The van der Waals surface area contributed by atoms with Crippen molar-refractivity contribution in [1.82, 2.24) is 9.88 Å². The highest BCUT2D eigenvalue weighted by atomic mass is 32.2. The molecular weight excluding hydrogens is 420 g/mol. The Hall–Kier alpha value is -2.15. The number of para-hydroxylation sites is 1. The van der Waals surface area contributed by atoms with Crippen molar-refractivity contribution in [3.8, 4) is 0 Å². The number of hydrogen-bond donors (Lipinski definition) is 2. The lowest BCUT2D eigenvalue weighted by molar-refractivity contribution is 0.400. The molecule has 1 aliphatic rings. The zero-order chi connectivity index (χ0) is 21.7. The van der Waals surface area contributed by atoms with E-state index in [9.17, 15) is 0 Å². The van der Waals surface area contributed by atoms with Gasteiger partial charge in [-0.05, 0) is 56.7 Å². The number of aromatic nitrogens is 1. The van der Waals surface area contributed by atoms with Crippen molar-refractivity contribution >= 4 is 40.7 Å². The molecule has 4 rings (SSSR count). The number of nitrogens with one attached hydrogen (secondary N) is 1. The predicted molar refractivity (Wildman–Crippen MR) is 137 cm³/mol. The maximum Gasteiger partial charge on any atom is 0.153 e. The van der Waals surface area contributed by atoms with Crippen molar-refractivity contribution in [3.05, 3.63) is 83.6 Å². The summed E-state index contributed by atoms with van der Waals surface area (Å²) >= 11 is 4.02. The molecule has 0 radical (unpaired) electrons. The normalized spacial score (nSPS) is 15.3. The zero-order valence-corrected chi connectivity index (χ0v) is 19.8. The maximum absolute atomic E-state index is 6.55. The molecule has 3 aromatic rings. The van der Waals surface area contributed by atoms with Crippen LogP contribution in [0.4, 0.5) is 17.2 Å². The van der Waals surface area contributed by atoms with E-state index in [1.54, 1.807) is 0 Å². The van der Waals surface area contributed by atoms with Crippen LogP contribution in [0.2, 0.25) is 0 Å². The van der Waals surface area contributed by atoms with Crippen molar-refractivity contribution in [2.75, 3.05) is 43.2 Å². The van der Waals surface area contributed by atoms with Crippen LogP contribution in [0.1, 0.15) is 23.1 Å². The lowest BCUT2D eigenvalue weighted by atomic mass is 10.0. The molecule has 6 heteroatoms. The van der Waals surface area contributed by atoms with Crippen LogP contribution in [0.3, 0.4) is 0 Å². The van der Waals surface area contributed by atoms with Gasteiger partial charge in [-0.25, -0.2) is 4.98 Å². The summed E-state index contributed by atoms with van der Waals surface area (Å²) in [6.07, 6.45) is 3.88. The Balaban J connectivity index is 1.66. The smallest absolute Gasteiger partial charge is 0.153 e. The topological polar surface area (TPSA) is 54.2 Å². The fraction of sp³-hybridized carbons (Fsp3) is 0.320. The minimum absolute atomic E-state index is 0.122. The third-order valence-electron chi connectivity index (χ3n) is 5.51. The Morgan fingerprint density at radius 3 is 2.45 bits per heavy atom. The van der Waals surface area contributed by atoms with Crippen LogP contribution >= 0.6 is 23.5 Å². The highest BCUT2D eigenvalue weighted by Crippen LogP contribution is 2.58. The number of anilines is 3. The summed E-state index contributed by atoms with van der Waals surface area (Å²) in [5.41, 5.74) is 12.1. The minimum Gasteiger partial charge on any atom is -0.396 e. The van der Waals surface area contributed by atoms with Crippen LogP contribution in [-0.2, 0) is 10.5 Å². The Kier molecular flexibility index (Phi) is 7.10. The van der Waals surface area contributed by atoms with E-state index in [4.69, 9.17) is 5.73 Å². The summed E-state index contributed by atoms with van der Waals surface area (Å²) in [4.78, 5) is 6.78. The van der Waals surface area contributed by atoms with E-state index in [1.165, 1.54) is 11.1 Å². The number of benzene rings is 2. The van der Waals surface area contributed by atoms with Gasteiger partial charge in [0.25, 0.3) is 0 Å². The van der Waals surface area contributed by atoms with Gasteiger partial charge in [0.05, 0.1) is 5.69 Å². The summed E-state index contributed by atoms with van der Waals surface area (Å²) in [7, 11) is 4.20. The van der Waals surface area contributed by atoms with Crippen molar-refractivity contribution in [2.45, 2.75) is 16.9 Å². The molecule has 3 N–H and O–H groups in total. The van der Waals surface area contributed by atoms with Gasteiger partial charge in [-0.1, -0.05) is 48.5 Å². The molecule has 4 nitrogen and oxygen atoms in total. The fourth-order valence-electron chi connectivity index (χ4n) is 3.97. The second-order valence-corrected chi connectivity index (χ2v) is 10.9. The zero-order valence-electron chi connectivity index (χ0n) is 18.2. The van der Waals surface area contributed by atoms with E-state index in [1.807, 2.05) is 35.8 Å². The van der Waals surface area contributed by atoms with Crippen molar-refractivity contribution < 1.29 is 0 Å². The van der Waals surface area contributed by atoms with Gasteiger partial charge in [0.15, 0.2) is 5.82 Å². The molecule has 0 spiro atoms. The Morgan fingerprint density at radius 1 is 1.00 bits per heavy atom. The molecule has 0 saturated carbocycles. The van der Waals surface area contributed by atoms with Crippen LogP contribution in [0, 0.1) is 0 Å². The first-order valence-corrected chi connectivity index (χ1v) is 12.7. The van der Waals surface area contributed by atoms with Gasteiger partial charge < -0.3 is 16.0 Å². The predicted octanol–water partition coefficient (Wildman–Crippen LogP) is 5.58. The molecule has 0 aliphatic carbocycles. The molecule has 1 aliphatic heterocycles. The van der Waals surface area contributed by atoms with Crippen LogP contribution in [0.15, 0.2) is 66.9 Å². The SMILES string of the molecule is CN(C)CCCc1ccnc(Nc2ccccc2C2(c3ccccc3)SCCS2)c1N. The van der Waals surface area contributed by atoms with E-state index < -0.39 is 0 Å². The summed E-state index contributed by atoms with van der Waals surface area (Å²) < 4.78 is -0.122. The van der Waals surface area contributed by atoms with Crippen LogP contribution in [-0.4, -0.2) is 42.0 Å². The number of nitrogens with zero attached hydrogens (tertiary/aromatic N) is 2. The van der Waals surface area contributed by atoms with E-state index in [0.717, 1.165) is 53.6 Å². The maximum atomic E-state index is 6.55. The van der Waals surface area contributed by atoms with E-state index in [-0.39, 0.29) is 4.08 Å². The molecule has 0 amide bonds. The summed E-state index contributed by atoms with van der Waals surface area (Å²) in [5.74, 6) is 3.01. The second-order valence-electron chi connectivity index (χ2n) is 7.99. The molecule has 1 aromatic heterocycles. The quantitative estimate of drug-likeness (QED) is 0.467. The van der Waals surface area contributed by atoms with Gasteiger partial charge in [-0.2, -0.15) is 0 Å². The highest BCUT2D eigenvalue weighted by Gasteiger charge is 2.40. The number of pyridine rings is 1. The summed E-state index contributed by atoms with van der Waals surface area (Å²) in [6.45, 7) is 1.04. The molecular formula is C25H30N4S2. The molecule has 2 heterocycles. The lowest BCUT2D eigenvalue weighted by Crippen LogP contribution is -2.18. The number of aryl methyl sites for hydroxylation is 1. The largest absolute Gasteiger partial charge is 0.396 e. The number of hydrogen-bond acceptors (Lipinski definition) is 6. The van der Waals surface area contributed by atoms with E-state index in [2.05, 4.69) is 83.9 Å². The number of nitrogen functional groups attached to an aromatic ring is 1. The summed E-state index contributed by atoms with van der Waals surface area (Å²) in [5, 5.41) is 3.58. The standard InChI is InChI=1S/C25H30N4S2/c1-29(2)16-8-9-19-14-15-27-24(23(19)26)28-22-13-7-6-12-21(22)25(30-17-18-31-25)20-10-4-3-5-11-20/h3-7,10-15H,8-9,16-18,26H2,1-2H3,(H,27,28). The van der Waals surface area contributed by atoms with E-state index >= 15 is 0 Å². The molecule has 0 bridgehead atoms. The highest BCUT2D eigenvalue weighted by molar-refractivity contribution is 8.20. The van der Waals surface area contributed by atoms with Crippen LogP contribution < -0.4 is 11.1 Å². The van der Waals surface area contributed by atoms with Gasteiger partial charge >= 0.3 is 0 Å². The number of nitrogens with two attached hydrogens (primary N) is 1. The second kappa shape index (κ2) is 9.98. The molecule has 2 aromatic carbocycles. The van der Waals surface area contributed by atoms with Gasteiger partial charge in [0, 0.05) is 29.0 Å². The Labute approximate surface area is 194 Å². The van der Waals surface area contributed by atoms with Gasteiger partial charge in [0.1, 0.15) is 4.08 Å². The lowest BCUT2D eigenvalue weighted by Gasteiger charge is -2.31. The minimum atomic E-state index is -0.122. The number of rotatable bonds is 8. The monoisotopic (exact) mass is 450 g/mol. The Bertz CT molecular complexity index is 1000. The first-order chi connectivity index (χ1) is 15.1. The molecule has 0 atom stereocenters. The van der Waals surface area contributed by atoms with Crippen LogP contribution in [0.5, 0.6) is 0 Å². The molecule has 1 saturated heterocycles. The summed E-state index contributed by atoms with van der Waals surface area (Å²) in [6, 6.07) is 21.4. The van der Waals surface area contributed by atoms with Gasteiger partial charge in [-0.3, -0.25) is 0 Å². The van der Waals surface area contributed by atoms with E-state index in [0.29, 0.717) is 0 Å². The molecule has 0 unspecified atom stereocenters. The average Bonchev–Trinajstić information content (AvgIpc) is 3.28. The third-order valence-corrected chi connectivity index (χ3v) is 9.02. The van der Waals surface area contributed by atoms with Crippen molar-refractivity contribution in [1.29, 1.82) is 0 Å². The first-order valence-electron chi connectivity index (χ1n) is 10.7. The van der Waals surface area contributed by atoms with Crippen LogP contribution in [0.25, 0.3) is 0 Å². The fourth-order valence-corrected chi connectivity index (χ4v) is 7.32. The first kappa shape index (κ1) is 22.1. The van der Waals surface area contributed by atoms with Gasteiger partial charge in [0.2, 0.25) is 0 Å². The van der Waals surface area contributed by atoms with Gasteiger partial charge in [-0.15, -0.1) is 23.5 Å². The molecule has 162 valence electrons.